The van der Waals surface area contributed by atoms with E-state index in [2.05, 4.69) is 39.0 Å². The summed E-state index contributed by atoms with van der Waals surface area (Å²) < 4.78 is 0. The normalized spacial score (nSPS) is 10.2. The number of nitrogens with zero attached hydrogens (tertiary/aromatic N) is 1. The minimum absolute atomic E-state index is 0.568. The zero-order valence-corrected chi connectivity index (χ0v) is 10.4. The first kappa shape index (κ1) is 15.6. The van der Waals surface area contributed by atoms with Crippen LogP contribution in [0.2, 0.25) is 0 Å². The highest BCUT2D eigenvalue weighted by molar-refractivity contribution is 5.19. The van der Waals surface area contributed by atoms with Gasteiger partial charge in [0, 0.05) is 12.6 Å². The molecule has 1 nitrogen and oxygen atoms in total. The summed E-state index contributed by atoms with van der Waals surface area (Å²) in [5, 5.41) is 0. The highest BCUT2D eigenvalue weighted by Gasteiger charge is 2.01. The fourth-order valence-electron chi connectivity index (χ4n) is 0.760. The van der Waals surface area contributed by atoms with Gasteiger partial charge in [-0.15, -0.1) is 0 Å². The van der Waals surface area contributed by atoms with Crippen LogP contribution >= 0.6 is 0 Å². The van der Waals surface area contributed by atoms with E-state index in [-0.39, 0.29) is 0 Å². The van der Waals surface area contributed by atoms with Crippen LogP contribution in [-0.4, -0.2) is 24.5 Å². The second-order valence-corrected chi connectivity index (χ2v) is 3.26. The molecule has 0 aliphatic heterocycles. The van der Waals surface area contributed by atoms with Gasteiger partial charge >= 0.3 is 0 Å². The maximum Gasteiger partial charge on any atom is 0.0227 e. The molecule has 0 radical (unpaired) electrons. The Labute approximate surface area is 89.8 Å². The van der Waals surface area contributed by atoms with Gasteiger partial charge in [0.15, 0.2) is 0 Å². The SMILES string of the molecule is C=C/C=C\C(=C)CN(C)C(C)C.CC. The third kappa shape index (κ3) is 9.27. The Hall–Kier alpha value is -0.820. The molecule has 0 aromatic rings. The molecule has 14 heavy (non-hydrogen) atoms. The summed E-state index contributed by atoms with van der Waals surface area (Å²) in [5.74, 6) is 0. The van der Waals surface area contributed by atoms with Crippen molar-refractivity contribution >= 4 is 0 Å². The Balaban J connectivity index is 0. The number of allylic oxidation sites excluding steroid dienone is 2. The minimum Gasteiger partial charge on any atom is -0.300 e. The average Bonchev–Trinajstić information content (AvgIpc) is 2.17. The van der Waals surface area contributed by atoms with E-state index in [1.54, 1.807) is 6.08 Å². The smallest absolute Gasteiger partial charge is 0.0227 e. The van der Waals surface area contributed by atoms with Gasteiger partial charge in [-0.3, -0.25) is 4.90 Å². The van der Waals surface area contributed by atoms with Crippen LogP contribution in [0.4, 0.5) is 0 Å². The molecule has 0 rings (SSSR count). The van der Waals surface area contributed by atoms with E-state index in [0.29, 0.717) is 6.04 Å². The Morgan fingerprint density at radius 3 is 2.21 bits per heavy atom. The van der Waals surface area contributed by atoms with Crippen LogP contribution in [0.25, 0.3) is 0 Å². The van der Waals surface area contributed by atoms with Gasteiger partial charge in [0.05, 0.1) is 0 Å². The van der Waals surface area contributed by atoms with Crippen molar-refractivity contribution in [2.75, 3.05) is 13.6 Å². The number of likely N-dealkylation sites (N-methyl/N-ethyl adjacent to an activating group) is 1. The predicted molar refractivity (Wildman–Crippen MR) is 67.6 cm³/mol. The van der Waals surface area contributed by atoms with Crippen LogP contribution in [0.1, 0.15) is 27.7 Å². The Bertz CT molecular complexity index is 178. The van der Waals surface area contributed by atoms with Crippen LogP contribution in [-0.2, 0) is 0 Å². The molecule has 0 amide bonds. The van der Waals surface area contributed by atoms with Crippen LogP contribution in [0.5, 0.6) is 0 Å². The molecule has 0 aromatic carbocycles. The molecular weight excluding hydrogens is 170 g/mol. The third-order valence-electron chi connectivity index (χ3n) is 1.80. The van der Waals surface area contributed by atoms with Crippen molar-refractivity contribution in [1.29, 1.82) is 0 Å². The lowest BCUT2D eigenvalue weighted by Crippen LogP contribution is -2.27. The van der Waals surface area contributed by atoms with E-state index in [9.17, 15) is 0 Å². The van der Waals surface area contributed by atoms with E-state index < -0.39 is 0 Å². The van der Waals surface area contributed by atoms with Gasteiger partial charge in [-0.05, 0) is 26.5 Å². The van der Waals surface area contributed by atoms with Gasteiger partial charge in [-0.25, -0.2) is 0 Å². The van der Waals surface area contributed by atoms with Gasteiger partial charge in [0.25, 0.3) is 0 Å². The standard InChI is InChI=1S/C11H19N.C2H6/c1-6-7-8-11(4)9-12(5)10(2)3;1-2/h6-8,10H,1,4,9H2,2-3,5H3;1-2H3/b8-7-;. The summed E-state index contributed by atoms with van der Waals surface area (Å²) in [6.07, 6.45) is 5.67. The van der Waals surface area contributed by atoms with Crippen LogP contribution < -0.4 is 0 Å². The van der Waals surface area contributed by atoms with Crippen molar-refractivity contribution in [3.8, 4) is 0 Å². The average molecular weight is 195 g/mol. The van der Waals surface area contributed by atoms with Gasteiger partial charge in [0.2, 0.25) is 0 Å². The Morgan fingerprint density at radius 1 is 1.36 bits per heavy atom. The van der Waals surface area contributed by atoms with Crippen molar-refractivity contribution < 1.29 is 0 Å². The highest BCUT2D eigenvalue weighted by Crippen LogP contribution is 2.00. The molecule has 0 spiro atoms. The molecule has 0 aliphatic rings. The van der Waals surface area contributed by atoms with E-state index in [1.807, 2.05) is 26.0 Å². The fraction of sp³-hybridized carbons (Fsp3) is 0.538. The quantitative estimate of drug-likeness (QED) is 0.605. The van der Waals surface area contributed by atoms with E-state index in [4.69, 9.17) is 0 Å². The van der Waals surface area contributed by atoms with Crippen molar-refractivity contribution in [2.45, 2.75) is 33.7 Å². The molecule has 0 bridgehead atoms. The number of rotatable bonds is 5. The molecule has 0 fully saturated rings. The first-order valence-corrected chi connectivity index (χ1v) is 5.25. The first-order valence-electron chi connectivity index (χ1n) is 5.25. The van der Waals surface area contributed by atoms with Gasteiger partial charge in [-0.2, -0.15) is 0 Å². The van der Waals surface area contributed by atoms with Crippen molar-refractivity contribution in [3.63, 3.8) is 0 Å². The molecule has 0 atom stereocenters. The van der Waals surface area contributed by atoms with Crippen LogP contribution in [0.15, 0.2) is 37.0 Å². The van der Waals surface area contributed by atoms with Gasteiger partial charge in [0.1, 0.15) is 0 Å². The molecule has 0 unspecified atom stereocenters. The summed E-state index contributed by atoms with van der Waals surface area (Å²) in [7, 11) is 2.09. The molecule has 0 saturated heterocycles. The lowest BCUT2D eigenvalue weighted by atomic mass is 10.2. The summed E-state index contributed by atoms with van der Waals surface area (Å²) in [6.45, 7) is 16.8. The molecule has 1 heteroatoms. The summed E-state index contributed by atoms with van der Waals surface area (Å²) in [5.41, 5.74) is 1.12. The van der Waals surface area contributed by atoms with E-state index in [0.717, 1.165) is 12.1 Å². The van der Waals surface area contributed by atoms with Crippen molar-refractivity contribution in [2.24, 2.45) is 0 Å². The molecular formula is C13H25N. The van der Waals surface area contributed by atoms with E-state index >= 15 is 0 Å². The molecule has 0 saturated carbocycles. The predicted octanol–water partition coefficient (Wildman–Crippen LogP) is 3.65. The Kier molecular flexibility index (Phi) is 11.5. The van der Waals surface area contributed by atoms with Crippen molar-refractivity contribution in [3.05, 3.63) is 37.0 Å². The summed E-state index contributed by atoms with van der Waals surface area (Å²) >= 11 is 0. The summed E-state index contributed by atoms with van der Waals surface area (Å²) in [6, 6.07) is 0.568. The number of hydrogen-bond acceptors (Lipinski definition) is 1. The zero-order valence-electron chi connectivity index (χ0n) is 10.4. The molecule has 0 aliphatic carbocycles. The van der Waals surface area contributed by atoms with Gasteiger partial charge in [-0.1, -0.05) is 45.2 Å². The molecule has 82 valence electrons. The van der Waals surface area contributed by atoms with E-state index in [1.165, 1.54) is 0 Å². The highest BCUT2D eigenvalue weighted by atomic mass is 15.1. The minimum atomic E-state index is 0.568. The van der Waals surface area contributed by atoms with Gasteiger partial charge < -0.3 is 0 Å². The molecule has 0 aromatic heterocycles. The third-order valence-corrected chi connectivity index (χ3v) is 1.80. The van der Waals surface area contributed by atoms with Crippen LogP contribution in [0.3, 0.4) is 0 Å². The second-order valence-electron chi connectivity index (χ2n) is 3.26. The second kappa shape index (κ2) is 10.3. The van der Waals surface area contributed by atoms with Crippen LogP contribution in [0, 0.1) is 0 Å². The first-order chi connectivity index (χ1) is 6.57. The maximum atomic E-state index is 3.94. The largest absolute Gasteiger partial charge is 0.300 e. The number of hydrogen-bond donors (Lipinski definition) is 0. The zero-order chi connectivity index (χ0) is 11.6. The lowest BCUT2D eigenvalue weighted by Gasteiger charge is -2.20. The lowest BCUT2D eigenvalue weighted by molar-refractivity contribution is 0.299. The Morgan fingerprint density at radius 2 is 1.86 bits per heavy atom. The maximum absolute atomic E-state index is 3.94. The topological polar surface area (TPSA) is 3.24 Å². The monoisotopic (exact) mass is 195 g/mol. The molecule has 0 heterocycles. The van der Waals surface area contributed by atoms with Crippen molar-refractivity contribution in [1.82, 2.24) is 4.90 Å². The molecule has 0 N–H and O–H groups in total. The summed E-state index contributed by atoms with van der Waals surface area (Å²) in [4.78, 5) is 2.25. The fourth-order valence-corrected chi connectivity index (χ4v) is 0.760.